The van der Waals surface area contributed by atoms with Gasteiger partial charge in [0.1, 0.15) is 6.61 Å². The molecule has 0 aromatic heterocycles. The molecule has 0 aliphatic carbocycles. The first-order valence-corrected chi connectivity index (χ1v) is 4.41. The van der Waals surface area contributed by atoms with Crippen molar-refractivity contribution in [3.05, 3.63) is 0 Å². The Morgan fingerprint density at radius 2 is 1.93 bits per heavy atom. The summed E-state index contributed by atoms with van der Waals surface area (Å²) in [6.07, 6.45) is -3.05. The normalized spacial score (nSPS) is 14.8. The van der Waals surface area contributed by atoms with Crippen LogP contribution in [0.3, 0.4) is 0 Å². The monoisotopic (exact) mass is 217 g/mol. The van der Waals surface area contributed by atoms with E-state index in [1.165, 1.54) is 0 Å². The molecule has 0 bridgehead atoms. The van der Waals surface area contributed by atoms with E-state index in [0.717, 1.165) is 0 Å². The highest BCUT2D eigenvalue weighted by molar-refractivity contribution is 4.69. The van der Waals surface area contributed by atoms with Crippen LogP contribution in [-0.2, 0) is 4.74 Å². The lowest BCUT2D eigenvalue weighted by molar-refractivity contribution is -0.175. The molecular weight excluding hydrogens is 202 g/mol. The molecule has 0 aromatic rings. The summed E-state index contributed by atoms with van der Waals surface area (Å²) < 4.78 is 52.7. The van der Waals surface area contributed by atoms with Gasteiger partial charge in [-0.15, -0.1) is 0 Å². The average Bonchev–Trinajstić information content (AvgIpc) is 2.12. The smallest absolute Gasteiger partial charge is 0.330 e. The zero-order chi connectivity index (χ0) is 11.2. The maximum atomic E-state index is 12.4. The second-order valence-electron chi connectivity index (χ2n) is 3.02. The van der Waals surface area contributed by atoms with Crippen molar-refractivity contribution in [1.82, 2.24) is 0 Å². The van der Waals surface area contributed by atoms with Gasteiger partial charge < -0.3 is 10.5 Å². The highest BCUT2D eigenvalue weighted by Crippen LogP contribution is 2.23. The molecule has 1 atom stereocenters. The van der Waals surface area contributed by atoms with Gasteiger partial charge in [-0.3, -0.25) is 0 Å². The van der Waals surface area contributed by atoms with E-state index in [2.05, 4.69) is 4.74 Å². The quantitative estimate of drug-likeness (QED) is 0.662. The van der Waals surface area contributed by atoms with Gasteiger partial charge in [0.05, 0.1) is 6.10 Å². The molecular formula is C8H15F4NO. The summed E-state index contributed by atoms with van der Waals surface area (Å²) in [5.74, 6) is -4.08. The molecule has 0 saturated heterocycles. The van der Waals surface area contributed by atoms with Crippen molar-refractivity contribution >= 4 is 0 Å². The SMILES string of the molecule is CCCC(CN)OCC(F)(F)C(F)F. The fraction of sp³-hybridized carbons (Fsp3) is 1.00. The van der Waals surface area contributed by atoms with E-state index in [-0.39, 0.29) is 6.54 Å². The minimum Gasteiger partial charge on any atom is -0.370 e. The van der Waals surface area contributed by atoms with Crippen LogP contribution in [0.2, 0.25) is 0 Å². The van der Waals surface area contributed by atoms with Gasteiger partial charge in [-0.2, -0.15) is 8.78 Å². The van der Waals surface area contributed by atoms with E-state index in [4.69, 9.17) is 5.73 Å². The Kier molecular flexibility index (Phi) is 6.03. The lowest BCUT2D eigenvalue weighted by Gasteiger charge is -2.20. The first-order valence-electron chi connectivity index (χ1n) is 4.41. The molecule has 14 heavy (non-hydrogen) atoms. The van der Waals surface area contributed by atoms with Gasteiger partial charge in [-0.1, -0.05) is 13.3 Å². The average molecular weight is 217 g/mol. The van der Waals surface area contributed by atoms with Crippen molar-refractivity contribution in [3.63, 3.8) is 0 Å². The van der Waals surface area contributed by atoms with Crippen molar-refractivity contribution in [1.29, 1.82) is 0 Å². The molecule has 1 unspecified atom stereocenters. The van der Waals surface area contributed by atoms with Crippen molar-refractivity contribution in [3.8, 4) is 0 Å². The summed E-state index contributed by atoms with van der Waals surface area (Å²) in [5.41, 5.74) is 5.21. The number of hydrogen-bond donors (Lipinski definition) is 1. The summed E-state index contributed by atoms with van der Waals surface area (Å²) >= 11 is 0. The third-order valence-electron chi connectivity index (χ3n) is 1.70. The summed E-state index contributed by atoms with van der Waals surface area (Å²) in [7, 11) is 0. The molecule has 6 heteroatoms. The molecule has 0 saturated carbocycles. The number of ether oxygens (including phenoxy) is 1. The van der Waals surface area contributed by atoms with Crippen LogP contribution in [0.25, 0.3) is 0 Å². The van der Waals surface area contributed by atoms with E-state index in [1.807, 2.05) is 6.92 Å². The summed E-state index contributed by atoms with van der Waals surface area (Å²) in [5, 5.41) is 0. The molecule has 2 N–H and O–H groups in total. The largest absolute Gasteiger partial charge is 0.370 e. The second-order valence-corrected chi connectivity index (χ2v) is 3.02. The Balaban J connectivity index is 3.89. The van der Waals surface area contributed by atoms with Crippen LogP contribution in [0.1, 0.15) is 19.8 Å². The topological polar surface area (TPSA) is 35.2 Å². The fourth-order valence-electron chi connectivity index (χ4n) is 0.883. The maximum absolute atomic E-state index is 12.4. The van der Waals surface area contributed by atoms with Gasteiger partial charge in [0.25, 0.3) is 0 Å². The predicted molar refractivity (Wildman–Crippen MR) is 44.7 cm³/mol. The fourth-order valence-corrected chi connectivity index (χ4v) is 0.883. The molecule has 0 rings (SSSR count). The molecule has 0 spiro atoms. The summed E-state index contributed by atoms with van der Waals surface area (Å²) in [6.45, 7) is 0.622. The van der Waals surface area contributed by atoms with Gasteiger partial charge in [0, 0.05) is 6.54 Å². The second kappa shape index (κ2) is 6.19. The van der Waals surface area contributed by atoms with Gasteiger partial charge in [-0.05, 0) is 6.42 Å². The molecule has 0 fully saturated rings. The molecule has 86 valence electrons. The molecule has 0 aliphatic heterocycles. The van der Waals surface area contributed by atoms with Crippen LogP contribution in [0.15, 0.2) is 0 Å². The Labute approximate surface area is 80.4 Å². The Morgan fingerprint density at radius 3 is 2.29 bits per heavy atom. The molecule has 0 heterocycles. The zero-order valence-electron chi connectivity index (χ0n) is 7.98. The third kappa shape index (κ3) is 4.76. The van der Waals surface area contributed by atoms with Crippen molar-refractivity contribution in [2.45, 2.75) is 38.2 Å². The summed E-state index contributed by atoms with van der Waals surface area (Å²) in [6, 6.07) is 0. The van der Waals surface area contributed by atoms with Crippen LogP contribution < -0.4 is 5.73 Å². The zero-order valence-corrected chi connectivity index (χ0v) is 7.98. The molecule has 0 aliphatic rings. The van der Waals surface area contributed by atoms with E-state index in [9.17, 15) is 17.6 Å². The first kappa shape index (κ1) is 13.6. The van der Waals surface area contributed by atoms with Crippen LogP contribution in [0.5, 0.6) is 0 Å². The molecule has 2 nitrogen and oxygen atoms in total. The van der Waals surface area contributed by atoms with Crippen LogP contribution in [0.4, 0.5) is 17.6 Å². The highest BCUT2D eigenvalue weighted by Gasteiger charge is 2.41. The third-order valence-corrected chi connectivity index (χ3v) is 1.70. The number of halogens is 4. The summed E-state index contributed by atoms with van der Waals surface area (Å²) in [4.78, 5) is 0. The van der Waals surface area contributed by atoms with E-state index >= 15 is 0 Å². The van der Waals surface area contributed by atoms with Crippen molar-refractivity contribution in [2.24, 2.45) is 5.73 Å². The lowest BCUT2D eigenvalue weighted by Crippen LogP contribution is -2.36. The molecule has 0 radical (unpaired) electrons. The van der Waals surface area contributed by atoms with E-state index in [0.29, 0.717) is 12.8 Å². The van der Waals surface area contributed by atoms with Gasteiger partial charge >= 0.3 is 12.3 Å². The number of rotatable bonds is 7. The van der Waals surface area contributed by atoms with Crippen LogP contribution >= 0.6 is 0 Å². The van der Waals surface area contributed by atoms with Crippen LogP contribution in [-0.4, -0.2) is 31.6 Å². The van der Waals surface area contributed by atoms with Gasteiger partial charge in [0.15, 0.2) is 0 Å². The van der Waals surface area contributed by atoms with Crippen molar-refractivity contribution < 1.29 is 22.3 Å². The van der Waals surface area contributed by atoms with E-state index < -0.39 is 25.1 Å². The molecule has 0 amide bonds. The number of nitrogens with two attached hydrogens (primary N) is 1. The van der Waals surface area contributed by atoms with E-state index in [1.54, 1.807) is 0 Å². The minimum atomic E-state index is -4.08. The minimum absolute atomic E-state index is 0.0627. The standard InChI is InChI=1S/C8H15F4NO/c1-2-3-6(4-13)14-5-8(11,12)7(9)10/h6-7H,2-5,13H2,1H3. The Morgan fingerprint density at radius 1 is 1.36 bits per heavy atom. The predicted octanol–water partition coefficient (Wildman–Crippen LogP) is 2.03. The van der Waals surface area contributed by atoms with Gasteiger partial charge in [-0.25, -0.2) is 8.78 Å². The number of hydrogen-bond acceptors (Lipinski definition) is 2. The van der Waals surface area contributed by atoms with Gasteiger partial charge in [0.2, 0.25) is 0 Å². The Hall–Kier alpha value is -0.360. The maximum Gasteiger partial charge on any atom is 0.330 e. The first-order chi connectivity index (χ1) is 6.44. The Bertz CT molecular complexity index is 154. The lowest BCUT2D eigenvalue weighted by atomic mass is 10.2. The molecule has 0 aromatic carbocycles. The van der Waals surface area contributed by atoms with Crippen molar-refractivity contribution in [2.75, 3.05) is 13.2 Å². The number of alkyl halides is 4. The van der Waals surface area contributed by atoms with Crippen LogP contribution in [0, 0.1) is 0 Å². The highest BCUT2D eigenvalue weighted by atomic mass is 19.3.